The van der Waals surface area contributed by atoms with Gasteiger partial charge in [-0.25, -0.2) is 9.97 Å². The quantitative estimate of drug-likeness (QED) is 0.802. The van der Waals surface area contributed by atoms with Crippen molar-refractivity contribution in [3.8, 4) is 5.88 Å². The van der Waals surface area contributed by atoms with Crippen LogP contribution >= 0.6 is 11.5 Å². The van der Waals surface area contributed by atoms with Crippen molar-refractivity contribution in [3.63, 3.8) is 0 Å². The summed E-state index contributed by atoms with van der Waals surface area (Å²) in [4.78, 5) is 14.9. The fraction of sp³-hybridized carbons (Fsp3) is 0.571. The number of hydrogen-bond donors (Lipinski definition) is 0. The molecule has 3 rings (SSSR count). The monoisotopic (exact) mass is 321 g/mol. The van der Waals surface area contributed by atoms with E-state index in [1.807, 2.05) is 0 Å². The number of nitrogens with zero attached hydrogens (tertiary/aromatic N) is 5. The van der Waals surface area contributed by atoms with Crippen LogP contribution in [0.15, 0.2) is 18.6 Å². The van der Waals surface area contributed by atoms with Crippen LogP contribution in [0.3, 0.4) is 0 Å². The molecule has 0 spiro atoms. The fourth-order valence-electron chi connectivity index (χ4n) is 2.42. The van der Waals surface area contributed by atoms with E-state index >= 15 is 0 Å². The van der Waals surface area contributed by atoms with Crippen LogP contribution in [-0.2, 0) is 11.3 Å². The maximum atomic E-state index is 5.69. The number of methoxy groups -OCH3 is 1. The third-order valence-corrected chi connectivity index (χ3v) is 4.44. The normalized spacial score (nSPS) is 16.0. The summed E-state index contributed by atoms with van der Waals surface area (Å²) in [5, 5.41) is 0.986. The molecule has 0 unspecified atom stereocenters. The smallest absolute Gasteiger partial charge is 0.232 e. The topological polar surface area (TPSA) is 73.3 Å². The van der Waals surface area contributed by atoms with E-state index in [9.17, 15) is 0 Å². The predicted octanol–water partition coefficient (Wildman–Crippen LogP) is 1.77. The molecule has 0 atom stereocenters. The number of hydrogen-bond acceptors (Lipinski definition) is 8. The maximum absolute atomic E-state index is 5.69. The molecule has 2 aromatic rings. The Morgan fingerprint density at radius 3 is 2.91 bits per heavy atom. The van der Waals surface area contributed by atoms with Gasteiger partial charge >= 0.3 is 0 Å². The molecule has 1 aliphatic rings. The lowest BCUT2D eigenvalue weighted by molar-refractivity contribution is 0.179. The zero-order valence-corrected chi connectivity index (χ0v) is 13.3. The van der Waals surface area contributed by atoms with Crippen molar-refractivity contribution in [1.29, 1.82) is 0 Å². The van der Waals surface area contributed by atoms with Crippen molar-refractivity contribution in [2.45, 2.75) is 19.4 Å². The van der Waals surface area contributed by atoms with E-state index in [0.717, 1.165) is 36.9 Å². The van der Waals surface area contributed by atoms with Crippen molar-refractivity contribution in [1.82, 2.24) is 19.3 Å². The molecule has 1 saturated heterocycles. The Labute approximate surface area is 133 Å². The Morgan fingerprint density at radius 1 is 1.32 bits per heavy atom. The average Bonchev–Trinajstić information content (AvgIpc) is 3.03. The predicted molar refractivity (Wildman–Crippen MR) is 83.1 cm³/mol. The summed E-state index contributed by atoms with van der Waals surface area (Å²) in [6.07, 6.45) is 7.10. The molecular formula is C14H19N5O2S. The minimum atomic E-state index is 0.471. The van der Waals surface area contributed by atoms with Gasteiger partial charge in [0.25, 0.3) is 0 Å². The highest BCUT2D eigenvalue weighted by molar-refractivity contribution is 7.09. The van der Waals surface area contributed by atoms with Crippen molar-refractivity contribution in [2.75, 3.05) is 31.7 Å². The van der Waals surface area contributed by atoms with Crippen LogP contribution in [0.1, 0.15) is 18.7 Å². The third-order valence-electron chi connectivity index (χ3n) is 3.62. The Balaban J connectivity index is 1.45. The second-order valence-corrected chi connectivity index (χ2v) is 5.94. The van der Waals surface area contributed by atoms with E-state index in [0.29, 0.717) is 25.0 Å². The van der Waals surface area contributed by atoms with Gasteiger partial charge in [0.2, 0.25) is 11.0 Å². The van der Waals surface area contributed by atoms with Crippen LogP contribution < -0.4 is 9.64 Å². The summed E-state index contributed by atoms with van der Waals surface area (Å²) in [6.45, 7) is 3.13. The molecule has 3 heterocycles. The molecule has 118 valence electrons. The molecule has 8 heteroatoms. The summed E-state index contributed by atoms with van der Waals surface area (Å²) >= 11 is 1.44. The molecule has 1 aliphatic heterocycles. The van der Waals surface area contributed by atoms with Crippen LogP contribution in [-0.4, -0.2) is 46.1 Å². The van der Waals surface area contributed by atoms with Gasteiger partial charge in [0.05, 0.1) is 12.8 Å². The highest BCUT2D eigenvalue weighted by atomic mass is 32.1. The molecule has 7 nitrogen and oxygen atoms in total. The number of anilines is 1. The van der Waals surface area contributed by atoms with Crippen molar-refractivity contribution in [3.05, 3.63) is 24.4 Å². The highest BCUT2D eigenvalue weighted by Gasteiger charge is 2.22. The largest absolute Gasteiger partial charge is 0.476 e. The van der Waals surface area contributed by atoms with Gasteiger partial charge in [0.15, 0.2) is 5.82 Å². The van der Waals surface area contributed by atoms with E-state index in [1.54, 1.807) is 25.7 Å². The van der Waals surface area contributed by atoms with E-state index in [2.05, 4.69) is 24.2 Å². The van der Waals surface area contributed by atoms with Crippen LogP contribution in [0, 0.1) is 5.92 Å². The molecule has 1 fully saturated rings. The van der Waals surface area contributed by atoms with Gasteiger partial charge in [-0.3, -0.25) is 4.98 Å². The van der Waals surface area contributed by atoms with Gasteiger partial charge in [0.1, 0.15) is 6.61 Å². The molecular weight excluding hydrogens is 302 g/mol. The standard InChI is InChI=1S/C14H19N5O2S/c1-20-10-12-17-14(22-18-12)19-6-2-11(3-7-19)9-21-13-8-15-4-5-16-13/h4-5,8,11H,2-3,6-7,9-10H2,1H3. The van der Waals surface area contributed by atoms with Crippen molar-refractivity contribution < 1.29 is 9.47 Å². The first kappa shape index (κ1) is 15.1. The Kier molecular flexibility index (Phi) is 5.12. The van der Waals surface area contributed by atoms with Crippen LogP contribution in [0.5, 0.6) is 5.88 Å². The molecule has 0 aliphatic carbocycles. The van der Waals surface area contributed by atoms with Gasteiger partial charge < -0.3 is 14.4 Å². The minimum absolute atomic E-state index is 0.471. The van der Waals surface area contributed by atoms with Crippen LogP contribution in [0.4, 0.5) is 5.13 Å². The molecule has 0 bridgehead atoms. The van der Waals surface area contributed by atoms with Gasteiger partial charge in [0, 0.05) is 44.1 Å². The second-order valence-electron chi connectivity index (χ2n) is 5.21. The highest BCUT2D eigenvalue weighted by Crippen LogP contribution is 2.25. The van der Waals surface area contributed by atoms with E-state index < -0.39 is 0 Å². The first-order chi connectivity index (χ1) is 10.8. The van der Waals surface area contributed by atoms with Crippen LogP contribution in [0.25, 0.3) is 0 Å². The number of ether oxygens (including phenoxy) is 2. The van der Waals surface area contributed by atoms with E-state index in [-0.39, 0.29) is 0 Å². The summed E-state index contributed by atoms with van der Waals surface area (Å²) < 4.78 is 15.0. The van der Waals surface area contributed by atoms with E-state index in [4.69, 9.17) is 9.47 Å². The summed E-state index contributed by atoms with van der Waals surface area (Å²) in [7, 11) is 1.66. The van der Waals surface area contributed by atoms with Crippen LogP contribution in [0.2, 0.25) is 0 Å². The molecule has 0 radical (unpaired) electrons. The Morgan fingerprint density at radius 2 is 2.18 bits per heavy atom. The zero-order chi connectivity index (χ0) is 15.2. The molecule has 0 N–H and O–H groups in total. The lowest BCUT2D eigenvalue weighted by Gasteiger charge is -2.31. The van der Waals surface area contributed by atoms with Crippen molar-refractivity contribution >= 4 is 16.7 Å². The molecule has 22 heavy (non-hydrogen) atoms. The molecule has 2 aromatic heterocycles. The summed E-state index contributed by atoms with van der Waals surface area (Å²) in [5.41, 5.74) is 0. The van der Waals surface area contributed by atoms with Gasteiger partial charge in [-0.2, -0.15) is 4.37 Å². The van der Waals surface area contributed by atoms with Gasteiger partial charge in [-0.05, 0) is 18.8 Å². The number of rotatable bonds is 6. The SMILES string of the molecule is COCc1nsc(N2CCC(COc3cnccn3)CC2)n1. The minimum Gasteiger partial charge on any atom is -0.476 e. The fourth-order valence-corrected chi connectivity index (χ4v) is 3.14. The second kappa shape index (κ2) is 7.46. The van der Waals surface area contributed by atoms with Gasteiger partial charge in [-0.1, -0.05) is 0 Å². The van der Waals surface area contributed by atoms with Crippen molar-refractivity contribution in [2.24, 2.45) is 5.92 Å². The third kappa shape index (κ3) is 3.89. The lowest BCUT2D eigenvalue weighted by Crippen LogP contribution is -2.35. The lowest BCUT2D eigenvalue weighted by atomic mass is 9.98. The maximum Gasteiger partial charge on any atom is 0.232 e. The average molecular weight is 321 g/mol. The first-order valence-electron chi connectivity index (χ1n) is 7.30. The summed E-state index contributed by atoms with van der Waals surface area (Å²) in [5.74, 6) is 1.90. The Bertz CT molecular complexity index is 572. The summed E-state index contributed by atoms with van der Waals surface area (Å²) in [6, 6.07) is 0. The van der Waals surface area contributed by atoms with E-state index in [1.165, 1.54) is 11.5 Å². The Hall–Kier alpha value is -1.80. The molecule has 0 aromatic carbocycles. The number of piperidine rings is 1. The first-order valence-corrected chi connectivity index (χ1v) is 8.08. The number of aromatic nitrogens is 4. The molecule has 0 amide bonds. The van der Waals surface area contributed by atoms with Gasteiger partial charge in [-0.15, -0.1) is 0 Å². The molecule has 0 saturated carbocycles. The zero-order valence-electron chi connectivity index (χ0n) is 12.5.